The number of ether oxygens (including phenoxy) is 1. The summed E-state index contributed by atoms with van der Waals surface area (Å²) in [7, 11) is 0. The van der Waals surface area contributed by atoms with E-state index in [9.17, 15) is 0 Å². The molecule has 1 N–H and O–H groups in total. The lowest BCUT2D eigenvalue weighted by atomic mass is 9.93. The second-order valence-electron chi connectivity index (χ2n) is 6.87. The number of hydrogen-bond donors (Lipinski definition) is 1. The molecular formula is C16H34N2O. The average Bonchev–Trinajstić information content (AvgIpc) is 2.32. The minimum absolute atomic E-state index is 0.245. The summed E-state index contributed by atoms with van der Waals surface area (Å²) in [5, 5.41) is 3.67. The largest absolute Gasteiger partial charge is 0.381 e. The number of nitrogens with one attached hydrogen (secondary N) is 1. The van der Waals surface area contributed by atoms with Crippen LogP contribution in [0.15, 0.2) is 0 Å². The van der Waals surface area contributed by atoms with Crippen LogP contribution in [0.2, 0.25) is 0 Å². The molecule has 1 fully saturated rings. The van der Waals surface area contributed by atoms with Gasteiger partial charge in [0.25, 0.3) is 0 Å². The van der Waals surface area contributed by atoms with Crippen molar-refractivity contribution in [3.63, 3.8) is 0 Å². The van der Waals surface area contributed by atoms with Crippen molar-refractivity contribution in [2.75, 3.05) is 32.8 Å². The fraction of sp³-hybridized carbons (Fsp3) is 1.00. The number of piperazine rings is 1. The minimum Gasteiger partial charge on any atom is -0.381 e. The van der Waals surface area contributed by atoms with Gasteiger partial charge in [0.05, 0.1) is 0 Å². The van der Waals surface area contributed by atoms with E-state index in [4.69, 9.17) is 4.74 Å². The Labute approximate surface area is 120 Å². The van der Waals surface area contributed by atoms with Gasteiger partial charge < -0.3 is 10.1 Å². The maximum Gasteiger partial charge on any atom is 0.0478 e. The second kappa shape index (κ2) is 8.23. The Morgan fingerprint density at radius 3 is 2.58 bits per heavy atom. The molecule has 0 aromatic rings. The molecular weight excluding hydrogens is 236 g/mol. The molecule has 0 aliphatic carbocycles. The van der Waals surface area contributed by atoms with Crippen molar-refractivity contribution in [3.05, 3.63) is 0 Å². The van der Waals surface area contributed by atoms with Crippen LogP contribution in [0.25, 0.3) is 0 Å². The van der Waals surface area contributed by atoms with Crippen molar-refractivity contribution >= 4 is 0 Å². The molecule has 0 radical (unpaired) electrons. The molecule has 0 aromatic heterocycles. The molecule has 1 rings (SSSR count). The number of nitrogens with zero attached hydrogens (tertiary/aromatic N) is 1. The van der Waals surface area contributed by atoms with Crippen molar-refractivity contribution in [2.45, 2.75) is 65.5 Å². The Hall–Kier alpha value is -0.120. The molecule has 1 unspecified atom stereocenters. The monoisotopic (exact) mass is 270 g/mol. The lowest BCUT2D eigenvalue weighted by Gasteiger charge is -2.46. The molecule has 1 aliphatic rings. The maximum atomic E-state index is 5.67. The topological polar surface area (TPSA) is 24.5 Å². The Balaban J connectivity index is 2.30. The first kappa shape index (κ1) is 16.9. The molecule has 3 nitrogen and oxygen atoms in total. The van der Waals surface area contributed by atoms with Crippen molar-refractivity contribution in [1.29, 1.82) is 0 Å². The SMILES string of the molecule is CCCCOCCCN1CC(C)(C)NCC1C(C)C. The first-order valence-electron chi connectivity index (χ1n) is 8.03. The highest BCUT2D eigenvalue weighted by Crippen LogP contribution is 2.20. The quantitative estimate of drug-likeness (QED) is 0.686. The van der Waals surface area contributed by atoms with Crippen LogP contribution in [0.4, 0.5) is 0 Å². The molecule has 0 spiro atoms. The Morgan fingerprint density at radius 2 is 1.95 bits per heavy atom. The average molecular weight is 270 g/mol. The van der Waals surface area contributed by atoms with Gasteiger partial charge in [-0.3, -0.25) is 4.90 Å². The molecule has 0 bridgehead atoms. The summed E-state index contributed by atoms with van der Waals surface area (Å²) in [5.41, 5.74) is 0.245. The van der Waals surface area contributed by atoms with Gasteiger partial charge in [-0.2, -0.15) is 0 Å². The lowest BCUT2D eigenvalue weighted by molar-refractivity contribution is 0.0542. The first-order valence-corrected chi connectivity index (χ1v) is 8.03. The highest BCUT2D eigenvalue weighted by molar-refractivity contribution is 4.93. The first-order chi connectivity index (χ1) is 8.96. The molecule has 0 aromatic carbocycles. The highest BCUT2D eigenvalue weighted by atomic mass is 16.5. The van der Waals surface area contributed by atoms with Crippen LogP contribution in [0.5, 0.6) is 0 Å². The summed E-state index contributed by atoms with van der Waals surface area (Å²) in [5.74, 6) is 0.713. The van der Waals surface area contributed by atoms with E-state index in [0.29, 0.717) is 12.0 Å². The summed E-state index contributed by atoms with van der Waals surface area (Å²) >= 11 is 0. The van der Waals surface area contributed by atoms with Gasteiger partial charge in [0.15, 0.2) is 0 Å². The van der Waals surface area contributed by atoms with Gasteiger partial charge in [0, 0.05) is 44.4 Å². The molecule has 1 atom stereocenters. The molecule has 3 heteroatoms. The van der Waals surface area contributed by atoms with Crippen LogP contribution >= 0.6 is 0 Å². The van der Waals surface area contributed by atoms with Crippen LogP contribution < -0.4 is 5.32 Å². The van der Waals surface area contributed by atoms with E-state index in [1.54, 1.807) is 0 Å². The zero-order valence-corrected chi connectivity index (χ0v) is 13.7. The fourth-order valence-corrected chi connectivity index (χ4v) is 2.81. The Kier molecular flexibility index (Phi) is 7.33. The molecule has 0 saturated carbocycles. The Bertz CT molecular complexity index is 241. The molecule has 1 saturated heterocycles. The maximum absolute atomic E-state index is 5.67. The third-order valence-corrected chi connectivity index (χ3v) is 4.00. The predicted octanol–water partition coefficient (Wildman–Crippen LogP) is 2.90. The molecule has 19 heavy (non-hydrogen) atoms. The third kappa shape index (κ3) is 6.24. The van der Waals surface area contributed by atoms with Crippen LogP contribution in [-0.4, -0.2) is 49.3 Å². The van der Waals surface area contributed by atoms with Crippen LogP contribution in [0, 0.1) is 5.92 Å². The van der Waals surface area contributed by atoms with E-state index in [1.807, 2.05) is 0 Å². The van der Waals surface area contributed by atoms with Crippen molar-refractivity contribution in [3.8, 4) is 0 Å². The van der Waals surface area contributed by atoms with Gasteiger partial charge in [-0.1, -0.05) is 27.2 Å². The zero-order valence-electron chi connectivity index (χ0n) is 13.7. The molecule has 1 heterocycles. The van der Waals surface area contributed by atoms with Gasteiger partial charge in [-0.25, -0.2) is 0 Å². The summed E-state index contributed by atoms with van der Waals surface area (Å²) in [6.07, 6.45) is 3.57. The van der Waals surface area contributed by atoms with Gasteiger partial charge in [0.2, 0.25) is 0 Å². The van der Waals surface area contributed by atoms with E-state index < -0.39 is 0 Å². The molecule has 114 valence electrons. The van der Waals surface area contributed by atoms with E-state index in [0.717, 1.165) is 32.7 Å². The standard InChI is InChI=1S/C16H34N2O/c1-6-7-10-19-11-8-9-18-13-16(4,5)17-12-15(18)14(2)3/h14-15,17H,6-13H2,1-5H3. The van der Waals surface area contributed by atoms with E-state index >= 15 is 0 Å². The van der Waals surface area contributed by atoms with E-state index in [2.05, 4.69) is 44.8 Å². The van der Waals surface area contributed by atoms with Gasteiger partial charge in [0.1, 0.15) is 0 Å². The zero-order chi connectivity index (χ0) is 14.3. The minimum atomic E-state index is 0.245. The highest BCUT2D eigenvalue weighted by Gasteiger charge is 2.33. The summed E-state index contributed by atoms with van der Waals surface area (Å²) < 4.78 is 5.67. The van der Waals surface area contributed by atoms with Crippen LogP contribution in [0.3, 0.4) is 0 Å². The predicted molar refractivity (Wildman–Crippen MR) is 82.6 cm³/mol. The summed E-state index contributed by atoms with van der Waals surface area (Å²) in [6.45, 7) is 16.7. The smallest absolute Gasteiger partial charge is 0.0478 e. The number of hydrogen-bond acceptors (Lipinski definition) is 3. The van der Waals surface area contributed by atoms with Crippen molar-refractivity contribution in [2.24, 2.45) is 5.92 Å². The van der Waals surface area contributed by atoms with Gasteiger partial charge in [-0.15, -0.1) is 0 Å². The summed E-state index contributed by atoms with van der Waals surface area (Å²) in [6, 6.07) is 0.670. The molecule has 1 aliphatic heterocycles. The van der Waals surface area contributed by atoms with Crippen molar-refractivity contribution < 1.29 is 4.74 Å². The van der Waals surface area contributed by atoms with Crippen LogP contribution in [-0.2, 0) is 4.74 Å². The normalized spacial score (nSPS) is 24.0. The fourth-order valence-electron chi connectivity index (χ4n) is 2.81. The van der Waals surface area contributed by atoms with Gasteiger partial charge in [-0.05, 0) is 32.6 Å². The number of unbranched alkanes of at least 4 members (excludes halogenated alkanes) is 1. The van der Waals surface area contributed by atoms with E-state index in [1.165, 1.54) is 19.4 Å². The van der Waals surface area contributed by atoms with Crippen molar-refractivity contribution in [1.82, 2.24) is 10.2 Å². The lowest BCUT2D eigenvalue weighted by Crippen LogP contribution is -2.63. The van der Waals surface area contributed by atoms with E-state index in [-0.39, 0.29) is 5.54 Å². The third-order valence-electron chi connectivity index (χ3n) is 4.00. The van der Waals surface area contributed by atoms with Crippen LogP contribution in [0.1, 0.15) is 53.9 Å². The summed E-state index contributed by atoms with van der Waals surface area (Å²) in [4.78, 5) is 2.66. The Morgan fingerprint density at radius 1 is 1.26 bits per heavy atom. The number of rotatable bonds is 8. The van der Waals surface area contributed by atoms with Gasteiger partial charge >= 0.3 is 0 Å². The second-order valence-corrected chi connectivity index (χ2v) is 6.87. The molecule has 0 amide bonds.